The summed E-state index contributed by atoms with van der Waals surface area (Å²) in [6, 6.07) is 11.5. The van der Waals surface area contributed by atoms with E-state index in [2.05, 4.69) is 15.0 Å². The molecule has 0 atom stereocenters. The van der Waals surface area contributed by atoms with E-state index in [1.165, 1.54) is 0 Å². The Morgan fingerprint density at radius 2 is 2.14 bits per heavy atom. The molecule has 0 radical (unpaired) electrons. The second kappa shape index (κ2) is 5.75. The quantitative estimate of drug-likeness (QED) is 0.796. The second-order valence-electron chi connectivity index (χ2n) is 4.81. The zero-order valence-electron chi connectivity index (χ0n) is 11.7. The lowest BCUT2D eigenvalue weighted by Crippen LogP contribution is -2.08. The maximum Gasteiger partial charge on any atom is 0.345 e. The number of pyridine rings is 1. The predicted molar refractivity (Wildman–Crippen MR) is 80.5 cm³/mol. The zero-order chi connectivity index (χ0) is 14.7. The van der Waals surface area contributed by atoms with Crippen molar-refractivity contribution in [2.24, 2.45) is 0 Å². The molecule has 0 unspecified atom stereocenters. The summed E-state index contributed by atoms with van der Waals surface area (Å²) in [5.74, 6) is 0.719. The molecule has 0 aliphatic heterocycles. The Labute approximate surface area is 121 Å². The van der Waals surface area contributed by atoms with E-state index in [0.717, 1.165) is 34.5 Å². The number of ether oxygens (including phenoxy) is 1. The summed E-state index contributed by atoms with van der Waals surface area (Å²) in [5.41, 5.74) is 2.38. The smallest absolute Gasteiger partial charge is 0.345 e. The molecular formula is C16H15N3O2. The van der Waals surface area contributed by atoms with Crippen molar-refractivity contribution in [3.8, 4) is 5.75 Å². The van der Waals surface area contributed by atoms with Crippen molar-refractivity contribution in [3.63, 3.8) is 0 Å². The molecule has 2 heterocycles. The first kappa shape index (κ1) is 13.3. The van der Waals surface area contributed by atoms with E-state index >= 15 is 0 Å². The predicted octanol–water partition coefficient (Wildman–Crippen LogP) is 2.25. The number of benzene rings is 1. The third-order valence-corrected chi connectivity index (χ3v) is 3.16. The number of hydrogen-bond acceptors (Lipinski definition) is 4. The summed E-state index contributed by atoms with van der Waals surface area (Å²) < 4.78 is 5.72. The molecule has 0 bridgehead atoms. The zero-order valence-corrected chi connectivity index (χ0v) is 11.7. The van der Waals surface area contributed by atoms with E-state index in [-0.39, 0.29) is 5.69 Å². The number of rotatable bonds is 4. The molecule has 0 aliphatic carbocycles. The number of H-pyrrole nitrogens is 1. The molecule has 21 heavy (non-hydrogen) atoms. The summed E-state index contributed by atoms with van der Waals surface area (Å²) in [4.78, 5) is 22.0. The van der Waals surface area contributed by atoms with Crippen LogP contribution >= 0.6 is 0 Å². The van der Waals surface area contributed by atoms with Gasteiger partial charge in [0.05, 0.1) is 12.1 Å². The van der Waals surface area contributed by atoms with Crippen LogP contribution in [-0.2, 0) is 6.42 Å². The highest BCUT2D eigenvalue weighted by atomic mass is 16.5. The number of nitrogens with zero attached hydrogens (tertiary/aromatic N) is 2. The van der Waals surface area contributed by atoms with Gasteiger partial charge in [0.1, 0.15) is 5.75 Å². The molecule has 0 saturated carbocycles. The van der Waals surface area contributed by atoms with Crippen LogP contribution in [0.5, 0.6) is 5.75 Å². The Kier molecular flexibility index (Phi) is 3.64. The lowest BCUT2D eigenvalue weighted by atomic mass is 10.2. The summed E-state index contributed by atoms with van der Waals surface area (Å²) in [6.45, 7) is 2.51. The molecule has 1 N–H and O–H groups in total. The van der Waals surface area contributed by atoms with Gasteiger partial charge in [0.25, 0.3) is 0 Å². The van der Waals surface area contributed by atoms with Crippen molar-refractivity contribution < 1.29 is 4.74 Å². The van der Waals surface area contributed by atoms with Crippen molar-refractivity contribution in [2.75, 3.05) is 6.61 Å². The Hall–Kier alpha value is -2.69. The van der Waals surface area contributed by atoms with Gasteiger partial charge in [0, 0.05) is 35.5 Å². The van der Waals surface area contributed by atoms with Crippen LogP contribution in [0.1, 0.15) is 11.4 Å². The van der Waals surface area contributed by atoms with Crippen molar-refractivity contribution in [2.45, 2.75) is 13.3 Å². The number of fused-ring (bicyclic) bond motifs is 1. The highest BCUT2D eigenvalue weighted by Crippen LogP contribution is 2.17. The van der Waals surface area contributed by atoms with Crippen LogP contribution in [0.3, 0.4) is 0 Å². The molecule has 2 aromatic heterocycles. The number of hydrogen-bond donors (Lipinski definition) is 1. The SMILES string of the molecule is Cc1cccc(CCOc2ccc3cnc(=O)[nH]c3c2)n1. The van der Waals surface area contributed by atoms with Crippen LogP contribution in [0, 0.1) is 6.92 Å². The summed E-state index contributed by atoms with van der Waals surface area (Å²) in [7, 11) is 0. The summed E-state index contributed by atoms with van der Waals surface area (Å²) in [6.07, 6.45) is 2.29. The van der Waals surface area contributed by atoms with Crippen molar-refractivity contribution in [1.82, 2.24) is 15.0 Å². The molecule has 0 spiro atoms. The Morgan fingerprint density at radius 3 is 3.00 bits per heavy atom. The van der Waals surface area contributed by atoms with Crippen LogP contribution in [0.4, 0.5) is 0 Å². The first-order valence-electron chi connectivity index (χ1n) is 6.75. The average molecular weight is 281 g/mol. The molecule has 0 saturated heterocycles. The normalized spacial score (nSPS) is 10.7. The van der Waals surface area contributed by atoms with Gasteiger partial charge >= 0.3 is 5.69 Å². The van der Waals surface area contributed by atoms with Gasteiger partial charge in [0.2, 0.25) is 0 Å². The highest BCUT2D eigenvalue weighted by molar-refractivity contribution is 5.78. The van der Waals surface area contributed by atoms with E-state index in [1.54, 1.807) is 6.20 Å². The molecule has 106 valence electrons. The van der Waals surface area contributed by atoms with E-state index in [0.29, 0.717) is 6.61 Å². The number of aromatic amines is 1. The fraction of sp³-hybridized carbons (Fsp3) is 0.188. The highest BCUT2D eigenvalue weighted by Gasteiger charge is 2.00. The van der Waals surface area contributed by atoms with E-state index < -0.39 is 0 Å². The van der Waals surface area contributed by atoms with Gasteiger partial charge in [0.15, 0.2) is 0 Å². The molecule has 1 aromatic carbocycles. The van der Waals surface area contributed by atoms with Crippen LogP contribution in [0.25, 0.3) is 10.9 Å². The van der Waals surface area contributed by atoms with E-state index in [9.17, 15) is 4.79 Å². The van der Waals surface area contributed by atoms with E-state index in [4.69, 9.17) is 4.74 Å². The van der Waals surface area contributed by atoms with Gasteiger partial charge in [-0.1, -0.05) is 6.07 Å². The largest absolute Gasteiger partial charge is 0.493 e. The fourth-order valence-corrected chi connectivity index (χ4v) is 2.13. The molecular weight excluding hydrogens is 266 g/mol. The number of aryl methyl sites for hydroxylation is 1. The van der Waals surface area contributed by atoms with Gasteiger partial charge in [-0.2, -0.15) is 0 Å². The van der Waals surface area contributed by atoms with Gasteiger partial charge in [-0.25, -0.2) is 9.78 Å². The second-order valence-corrected chi connectivity index (χ2v) is 4.81. The standard InChI is InChI=1S/C16H15N3O2/c1-11-3-2-4-13(18-11)7-8-21-14-6-5-12-10-17-16(20)19-15(12)9-14/h2-6,9-10H,7-8H2,1H3,(H,17,19,20). The lowest BCUT2D eigenvalue weighted by Gasteiger charge is -2.07. The van der Waals surface area contributed by atoms with Crippen molar-refractivity contribution >= 4 is 10.9 Å². The van der Waals surface area contributed by atoms with Gasteiger partial charge in [-0.3, -0.25) is 4.98 Å². The third kappa shape index (κ3) is 3.25. The summed E-state index contributed by atoms with van der Waals surface area (Å²) >= 11 is 0. The average Bonchev–Trinajstić information content (AvgIpc) is 2.47. The minimum absolute atomic E-state index is 0.358. The molecule has 0 fully saturated rings. The third-order valence-electron chi connectivity index (χ3n) is 3.16. The van der Waals surface area contributed by atoms with Gasteiger partial charge in [-0.15, -0.1) is 0 Å². The Balaban J connectivity index is 1.69. The number of nitrogens with one attached hydrogen (secondary N) is 1. The summed E-state index contributed by atoms with van der Waals surface area (Å²) in [5, 5.41) is 0.877. The van der Waals surface area contributed by atoms with E-state index in [1.807, 2.05) is 43.3 Å². The topological polar surface area (TPSA) is 67.9 Å². The van der Waals surface area contributed by atoms with Crippen LogP contribution in [0.15, 0.2) is 47.4 Å². The molecule has 0 amide bonds. The molecule has 5 heteroatoms. The minimum atomic E-state index is -0.358. The molecule has 5 nitrogen and oxygen atoms in total. The number of aromatic nitrogens is 3. The molecule has 3 aromatic rings. The Morgan fingerprint density at radius 1 is 1.24 bits per heavy atom. The van der Waals surface area contributed by atoms with Crippen LogP contribution < -0.4 is 10.4 Å². The first-order chi connectivity index (χ1) is 10.2. The van der Waals surface area contributed by atoms with Gasteiger partial charge < -0.3 is 9.72 Å². The lowest BCUT2D eigenvalue weighted by molar-refractivity contribution is 0.321. The van der Waals surface area contributed by atoms with Crippen molar-refractivity contribution in [1.29, 1.82) is 0 Å². The first-order valence-corrected chi connectivity index (χ1v) is 6.75. The van der Waals surface area contributed by atoms with Crippen LogP contribution in [-0.4, -0.2) is 21.6 Å². The van der Waals surface area contributed by atoms with Crippen molar-refractivity contribution in [3.05, 3.63) is 64.5 Å². The van der Waals surface area contributed by atoms with Gasteiger partial charge in [-0.05, 0) is 31.2 Å². The monoisotopic (exact) mass is 281 g/mol. The maximum atomic E-state index is 11.2. The maximum absolute atomic E-state index is 11.2. The molecule has 0 aliphatic rings. The molecule has 3 rings (SSSR count). The fourth-order valence-electron chi connectivity index (χ4n) is 2.13. The minimum Gasteiger partial charge on any atom is -0.493 e. The van der Waals surface area contributed by atoms with Crippen LogP contribution in [0.2, 0.25) is 0 Å². The Bertz CT molecular complexity index is 827.